The number of rotatable bonds is 4. The molecule has 0 saturated carbocycles. The Labute approximate surface area is 83.5 Å². The lowest BCUT2D eigenvalue weighted by molar-refractivity contribution is -0.107. The molecule has 0 spiro atoms. The fourth-order valence-corrected chi connectivity index (χ4v) is 1.78. The van der Waals surface area contributed by atoms with Gasteiger partial charge in [-0.05, 0) is 19.4 Å². The van der Waals surface area contributed by atoms with Crippen molar-refractivity contribution in [2.24, 2.45) is 0 Å². The van der Waals surface area contributed by atoms with E-state index in [2.05, 4.69) is 31.2 Å². The highest BCUT2D eigenvalue weighted by Crippen LogP contribution is 2.16. The van der Waals surface area contributed by atoms with Crippen LogP contribution in [0.15, 0.2) is 24.3 Å². The standard InChI is InChI=1S/C11H14OS/c1-9-4-3-5-11(6-9)8-13-10(2)7-12/h3-7,10H,8H2,1-2H3. The Balaban J connectivity index is 2.49. The monoisotopic (exact) mass is 194 g/mol. The number of carbonyl (C=O) groups is 1. The van der Waals surface area contributed by atoms with Crippen molar-refractivity contribution in [2.45, 2.75) is 24.9 Å². The molecule has 1 aromatic rings. The average molecular weight is 194 g/mol. The summed E-state index contributed by atoms with van der Waals surface area (Å²) in [6.45, 7) is 4.00. The second-order valence-electron chi connectivity index (χ2n) is 3.14. The summed E-state index contributed by atoms with van der Waals surface area (Å²) in [5.74, 6) is 0.918. The van der Waals surface area contributed by atoms with Crippen molar-refractivity contribution in [3.05, 3.63) is 35.4 Å². The molecule has 0 aliphatic heterocycles. The molecular formula is C11H14OS. The van der Waals surface area contributed by atoms with Crippen LogP contribution in [0.25, 0.3) is 0 Å². The minimum absolute atomic E-state index is 0.0977. The zero-order valence-corrected chi connectivity index (χ0v) is 8.80. The van der Waals surface area contributed by atoms with Crippen LogP contribution in [0, 0.1) is 6.92 Å². The highest BCUT2D eigenvalue weighted by molar-refractivity contribution is 7.99. The van der Waals surface area contributed by atoms with E-state index in [1.54, 1.807) is 11.8 Å². The van der Waals surface area contributed by atoms with Crippen LogP contribution in [0.1, 0.15) is 18.1 Å². The van der Waals surface area contributed by atoms with E-state index in [4.69, 9.17) is 0 Å². The third kappa shape index (κ3) is 3.64. The van der Waals surface area contributed by atoms with Gasteiger partial charge >= 0.3 is 0 Å². The molecule has 0 fully saturated rings. The third-order valence-electron chi connectivity index (χ3n) is 1.79. The van der Waals surface area contributed by atoms with Crippen LogP contribution in [0.3, 0.4) is 0 Å². The molecule has 1 unspecified atom stereocenters. The Morgan fingerprint density at radius 2 is 2.31 bits per heavy atom. The Bertz CT molecular complexity index is 283. The van der Waals surface area contributed by atoms with Gasteiger partial charge < -0.3 is 4.79 Å². The largest absolute Gasteiger partial charge is 0.302 e. The summed E-state index contributed by atoms with van der Waals surface area (Å²) >= 11 is 1.67. The molecule has 0 N–H and O–H groups in total. The van der Waals surface area contributed by atoms with Crippen LogP contribution in [0.4, 0.5) is 0 Å². The average Bonchev–Trinajstić information content (AvgIpc) is 2.14. The summed E-state index contributed by atoms with van der Waals surface area (Å²) in [5.41, 5.74) is 2.57. The van der Waals surface area contributed by atoms with Crippen molar-refractivity contribution < 1.29 is 4.79 Å². The number of hydrogen-bond acceptors (Lipinski definition) is 2. The van der Waals surface area contributed by atoms with Gasteiger partial charge in [-0.25, -0.2) is 0 Å². The van der Waals surface area contributed by atoms with Gasteiger partial charge in [0.25, 0.3) is 0 Å². The summed E-state index contributed by atoms with van der Waals surface area (Å²) in [4.78, 5) is 10.4. The Hall–Kier alpha value is -0.760. The molecule has 2 heteroatoms. The molecule has 1 rings (SSSR count). The van der Waals surface area contributed by atoms with Crippen LogP contribution in [0.5, 0.6) is 0 Å². The van der Waals surface area contributed by atoms with E-state index in [9.17, 15) is 4.79 Å². The fraction of sp³-hybridized carbons (Fsp3) is 0.364. The number of carbonyl (C=O) groups excluding carboxylic acids is 1. The SMILES string of the molecule is Cc1cccc(CSC(C)C=O)c1. The summed E-state index contributed by atoms with van der Waals surface area (Å²) in [6, 6.07) is 8.39. The highest BCUT2D eigenvalue weighted by Gasteiger charge is 2.00. The molecule has 0 aliphatic rings. The molecule has 70 valence electrons. The van der Waals surface area contributed by atoms with Gasteiger partial charge in [0.2, 0.25) is 0 Å². The fourth-order valence-electron chi connectivity index (χ4n) is 1.07. The summed E-state index contributed by atoms with van der Waals surface area (Å²) in [5, 5.41) is 0.0977. The van der Waals surface area contributed by atoms with Crippen molar-refractivity contribution in [2.75, 3.05) is 0 Å². The second-order valence-corrected chi connectivity index (χ2v) is 4.51. The number of hydrogen-bond donors (Lipinski definition) is 0. The highest BCUT2D eigenvalue weighted by atomic mass is 32.2. The Morgan fingerprint density at radius 3 is 2.92 bits per heavy atom. The van der Waals surface area contributed by atoms with Crippen molar-refractivity contribution in [1.29, 1.82) is 0 Å². The first kappa shape index (κ1) is 10.3. The maximum atomic E-state index is 10.4. The Kier molecular flexibility index (Phi) is 4.03. The number of benzene rings is 1. The predicted molar refractivity (Wildman–Crippen MR) is 58.0 cm³/mol. The number of aldehydes is 1. The lowest BCUT2D eigenvalue weighted by Crippen LogP contribution is -1.97. The Morgan fingerprint density at radius 1 is 1.54 bits per heavy atom. The smallest absolute Gasteiger partial charge is 0.132 e. The van der Waals surface area contributed by atoms with Crippen LogP contribution in [-0.2, 0) is 10.5 Å². The molecule has 1 nitrogen and oxygen atoms in total. The molecule has 0 heterocycles. The van der Waals surface area contributed by atoms with Gasteiger partial charge in [0.1, 0.15) is 6.29 Å². The van der Waals surface area contributed by atoms with Gasteiger partial charge in [-0.15, -0.1) is 11.8 Å². The minimum atomic E-state index is 0.0977. The van der Waals surface area contributed by atoms with Gasteiger partial charge in [-0.1, -0.05) is 29.8 Å². The van der Waals surface area contributed by atoms with E-state index in [0.29, 0.717) is 0 Å². The molecule has 0 aromatic heterocycles. The molecule has 1 atom stereocenters. The number of thioether (sulfide) groups is 1. The normalized spacial score (nSPS) is 12.5. The zero-order chi connectivity index (χ0) is 9.68. The predicted octanol–water partition coefficient (Wildman–Crippen LogP) is 2.82. The molecule has 0 bridgehead atoms. The van der Waals surface area contributed by atoms with Crippen molar-refractivity contribution >= 4 is 18.0 Å². The second kappa shape index (κ2) is 5.07. The molecule has 0 amide bonds. The van der Waals surface area contributed by atoms with Crippen molar-refractivity contribution in [3.8, 4) is 0 Å². The molecule has 0 radical (unpaired) electrons. The van der Waals surface area contributed by atoms with E-state index in [1.807, 2.05) is 6.92 Å². The maximum Gasteiger partial charge on any atom is 0.132 e. The first-order valence-electron chi connectivity index (χ1n) is 4.35. The van der Waals surface area contributed by atoms with Gasteiger partial charge in [-0.2, -0.15) is 0 Å². The van der Waals surface area contributed by atoms with Gasteiger partial charge in [0, 0.05) is 5.75 Å². The lowest BCUT2D eigenvalue weighted by atomic mass is 10.2. The third-order valence-corrected chi connectivity index (χ3v) is 2.92. The van der Waals surface area contributed by atoms with E-state index in [0.717, 1.165) is 12.0 Å². The van der Waals surface area contributed by atoms with E-state index in [-0.39, 0.29) is 5.25 Å². The van der Waals surface area contributed by atoms with Gasteiger partial charge in [0.05, 0.1) is 5.25 Å². The molecular weight excluding hydrogens is 180 g/mol. The zero-order valence-electron chi connectivity index (χ0n) is 7.99. The number of aryl methyl sites for hydroxylation is 1. The summed E-state index contributed by atoms with van der Waals surface area (Å²) in [7, 11) is 0. The van der Waals surface area contributed by atoms with Gasteiger partial charge in [0.15, 0.2) is 0 Å². The maximum absolute atomic E-state index is 10.4. The van der Waals surface area contributed by atoms with Gasteiger partial charge in [-0.3, -0.25) is 0 Å². The molecule has 13 heavy (non-hydrogen) atoms. The van der Waals surface area contributed by atoms with Crippen LogP contribution >= 0.6 is 11.8 Å². The van der Waals surface area contributed by atoms with Crippen LogP contribution in [-0.4, -0.2) is 11.5 Å². The van der Waals surface area contributed by atoms with Crippen LogP contribution in [0.2, 0.25) is 0 Å². The minimum Gasteiger partial charge on any atom is -0.302 e. The summed E-state index contributed by atoms with van der Waals surface area (Å²) in [6.07, 6.45) is 0.987. The molecule has 1 aromatic carbocycles. The van der Waals surface area contributed by atoms with Crippen molar-refractivity contribution in [1.82, 2.24) is 0 Å². The van der Waals surface area contributed by atoms with E-state index in [1.165, 1.54) is 11.1 Å². The topological polar surface area (TPSA) is 17.1 Å². The van der Waals surface area contributed by atoms with E-state index < -0.39 is 0 Å². The van der Waals surface area contributed by atoms with Crippen LogP contribution < -0.4 is 0 Å². The molecule has 0 aliphatic carbocycles. The van der Waals surface area contributed by atoms with E-state index >= 15 is 0 Å². The summed E-state index contributed by atoms with van der Waals surface area (Å²) < 4.78 is 0. The first-order chi connectivity index (χ1) is 6.22. The first-order valence-corrected chi connectivity index (χ1v) is 5.39. The van der Waals surface area contributed by atoms with Crippen molar-refractivity contribution in [3.63, 3.8) is 0 Å². The quantitative estimate of drug-likeness (QED) is 0.686. The molecule has 0 saturated heterocycles. The lowest BCUT2D eigenvalue weighted by Gasteiger charge is -2.04.